The lowest BCUT2D eigenvalue weighted by atomic mass is 10.1. The van der Waals surface area contributed by atoms with Crippen molar-refractivity contribution in [2.45, 2.75) is 12.5 Å². The SMILES string of the molecule is Cl.NC(=O)c1cccc(C(=O)N2CCN(C3CCNC3)CC2)c1. The quantitative estimate of drug-likeness (QED) is 0.832. The average molecular weight is 339 g/mol. The van der Waals surface area contributed by atoms with Gasteiger partial charge in [0.05, 0.1) is 0 Å². The molecule has 0 bridgehead atoms. The predicted octanol–water partition coefficient (Wildman–Crippen LogP) is 0.327. The van der Waals surface area contributed by atoms with Gasteiger partial charge in [0.25, 0.3) is 5.91 Å². The lowest BCUT2D eigenvalue weighted by Crippen LogP contribution is -2.52. The molecule has 1 unspecified atom stereocenters. The van der Waals surface area contributed by atoms with Gasteiger partial charge in [0.2, 0.25) is 5.91 Å². The van der Waals surface area contributed by atoms with Crippen molar-refractivity contribution in [2.75, 3.05) is 39.3 Å². The Kier molecular flexibility index (Phi) is 5.98. The fourth-order valence-corrected chi connectivity index (χ4v) is 3.23. The molecule has 2 amide bonds. The molecule has 1 aromatic carbocycles. The lowest BCUT2D eigenvalue weighted by Gasteiger charge is -2.37. The number of nitrogens with zero attached hydrogens (tertiary/aromatic N) is 2. The summed E-state index contributed by atoms with van der Waals surface area (Å²) in [6, 6.07) is 7.26. The second kappa shape index (κ2) is 7.77. The Morgan fingerprint density at radius 1 is 1.13 bits per heavy atom. The lowest BCUT2D eigenvalue weighted by molar-refractivity contribution is 0.0584. The van der Waals surface area contributed by atoms with Gasteiger partial charge in [-0.25, -0.2) is 0 Å². The number of hydrogen-bond donors (Lipinski definition) is 2. The summed E-state index contributed by atoms with van der Waals surface area (Å²) < 4.78 is 0. The number of benzene rings is 1. The van der Waals surface area contributed by atoms with Crippen molar-refractivity contribution in [3.63, 3.8) is 0 Å². The van der Waals surface area contributed by atoms with Gasteiger partial charge >= 0.3 is 0 Å². The number of carbonyl (C=O) groups is 2. The molecule has 7 heteroatoms. The van der Waals surface area contributed by atoms with Crippen LogP contribution in [0.2, 0.25) is 0 Å². The molecule has 0 aliphatic carbocycles. The molecule has 2 fully saturated rings. The van der Waals surface area contributed by atoms with Gasteiger partial charge in [-0.3, -0.25) is 14.5 Å². The maximum absolute atomic E-state index is 12.5. The number of nitrogens with one attached hydrogen (secondary N) is 1. The van der Waals surface area contributed by atoms with Crippen LogP contribution in [0.15, 0.2) is 24.3 Å². The van der Waals surface area contributed by atoms with Crippen molar-refractivity contribution >= 4 is 24.2 Å². The van der Waals surface area contributed by atoms with Gasteiger partial charge < -0.3 is 16.0 Å². The van der Waals surface area contributed by atoms with E-state index < -0.39 is 5.91 Å². The van der Waals surface area contributed by atoms with E-state index in [-0.39, 0.29) is 18.3 Å². The normalized spacial score (nSPS) is 21.7. The molecule has 23 heavy (non-hydrogen) atoms. The molecule has 2 aliphatic rings. The summed E-state index contributed by atoms with van der Waals surface area (Å²) in [6.45, 7) is 5.42. The first kappa shape index (κ1) is 17.7. The van der Waals surface area contributed by atoms with E-state index in [1.54, 1.807) is 24.3 Å². The molecular weight excluding hydrogens is 316 g/mol. The minimum absolute atomic E-state index is 0. The number of hydrogen-bond acceptors (Lipinski definition) is 4. The Hall–Kier alpha value is -1.63. The molecule has 0 aromatic heterocycles. The largest absolute Gasteiger partial charge is 0.366 e. The van der Waals surface area contributed by atoms with Crippen LogP contribution in [0.4, 0.5) is 0 Å². The molecule has 2 heterocycles. The van der Waals surface area contributed by atoms with Gasteiger partial charge in [-0.2, -0.15) is 0 Å². The molecule has 2 saturated heterocycles. The van der Waals surface area contributed by atoms with E-state index in [2.05, 4.69) is 10.2 Å². The third-order valence-electron chi connectivity index (χ3n) is 4.55. The van der Waals surface area contributed by atoms with E-state index in [1.165, 1.54) is 6.42 Å². The summed E-state index contributed by atoms with van der Waals surface area (Å²) in [5.74, 6) is -0.527. The first-order chi connectivity index (χ1) is 10.6. The van der Waals surface area contributed by atoms with Gasteiger partial charge in [0, 0.05) is 49.9 Å². The topological polar surface area (TPSA) is 78.7 Å². The van der Waals surface area contributed by atoms with Crippen LogP contribution < -0.4 is 11.1 Å². The van der Waals surface area contributed by atoms with Crippen LogP contribution in [0.3, 0.4) is 0 Å². The smallest absolute Gasteiger partial charge is 0.253 e. The van der Waals surface area contributed by atoms with Crippen molar-refractivity contribution < 1.29 is 9.59 Å². The number of carbonyl (C=O) groups excluding carboxylic acids is 2. The van der Waals surface area contributed by atoms with Gasteiger partial charge in [-0.1, -0.05) is 6.07 Å². The van der Waals surface area contributed by atoms with Gasteiger partial charge in [0.15, 0.2) is 0 Å². The molecule has 3 N–H and O–H groups in total. The molecule has 126 valence electrons. The molecule has 0 saturated carbocycles. The van der Waals surface area contributed by atoms with Crippen LogP contribution >= 0.6 is 12.4 Å². The standard InChI is InChI=1S/C16H22N4O2.ClH/c17-15(21)12-2-1-3-13(10-12)16(22)20-8-6-19(7-9-20)14-4-5-18-11-14;/h1-3,10,14,18H,4-9,11H2,(H2,17,21);1H. The minimum Gasteiger partial charge on any atom is -0.366 e. The molecule has 0 radical (unpaired) electrons. The predicted molar refractivity (Wildman–Crippen MR) is 91.0 cm³/mol. The van der Waals surface area contributed by atoms with Crippen LogP contribution in [0, 0.1) is 0 Å². The monoisotopic (exact) mass is 338 g/mol. The zero-order chi connectivity index (χ0) is 15.5. The minimum atomic E-state index is -0.506. The molecule has 6 nitrogen and oxygen atoms in total. The molecule has 3 rings (SSSR count). The van der Waals surface area contributed by atoms with E-state index >= 15 is 0 Å². The van der Waals surface area contributed by atoms with Crippen LogP contribution in [-0.2, 0) is 0 Å². The first-order valence-electron chi connectivity index (χ1n) is 7.79. The molecule has 0 spiro atoms. The summed E-state index contributed by atoms with van der Waals surface area (Å²) >= 11 is 0. The Bertz CT molecular complexity index is 567. The Labute approximate surface area is 142 Å². The van der Waals surface area contributed by atoms with Crippen molar-refractivity contribution in [3.05, 3.63) is 35.4 Å². The maximum Gasteiger partial charge on any atom is 0.253 e. The number of piperazine rings is 1. The van der Waals surface area contributed by atoms with E-state index in [0.29, 0.717) is 17.2 Å². The summed E-state index contributed by atoms with van der Waals surface area (Å²) in [4.78, 5) is 28.1. The fraction of sp³-hybridized carbons (Fsp3) is 0.500. The van der Waals surface area contributed by atoms with Crippen molar-refractivity contribution in [2.24, 2.45) is 5.73 Å². The van der Waals surface area contributed by atoms with Gasteiger partial charge in [-0.15, -0.1) is 12.4 Å². The van der Waals surface area contributed by atoms with Crippen molar-refractivity contribution in [3.8, 4) is 0 Å². The second-order valence-electron chi connectivity index (χ2n) is 5.92. The highest BCUT2D eigenvalue weighted by Gasteiger charge is 2.28. The van der Waals surface area contributed by atoms with Crippen LogP contribution in [0.25, 0.3) is 0 Å². The summed E-state index contributed by atoms with van der Waals surface area (Å²) in [6.07, 6.45) is 1.19. The van der Waals surface area contributed by atoms with Crippen molar-refractivity contribution in [1.82, 2.24) is 15.1 Å². The number of nitrogens with two attached hydrogens (primary N) is 1. The molecule has 1 aromatic rings. The molecular formula is C16H23ClN4O2. The number of halogens is 1. The highest BCUT2D eigenvalue weighted by atomic mass is 35.5. The second-order valence-corrected chi connectivity index (χ2v) is 5.92. The van der Waals surface area contributed by atoms with Crippen LogP contribution in [0.5, 0.6) is 0 Å². The third kappa shape index (κ3) is 4.02. The molecule has 2 aliphatic heterocycles. The van der Waals surface area contributed by atoms with Crippen molar-refractivity contribution in [1.29, 1.82) is 0 Å². The highest BCUT2D eigenvalue weighted by Crippen LogP contribution is 2.14. The Morgan fingerprint density at radius 3 is 2.43 bits per heavy atom. The zero-order valence-corrected chi connectivity index (χ0v) is 13.8. The number of amides is 2. The fourth-order valence-electron chi connectivity index (χ4n) is 3.23. The average Bonchev–Trinajstić information content (AvgIpc) is 3.09. The Balaban J connectivity index is 0.00000192. The van der Waals surface area contributed by atoms with Gasteiger partial charge in [0.1, 0.15) is 0 Å². The maximum atomic E-state index is 12.5. The van der Waals surface area contributed by atoms with E-state index in [1.807, 2.05) is 4.90 Å². The summed E-state index contributed by atoms with van der Waals surface area (Å²) in [7, 11) is 0. The summed E-state index contributed by atoms with van der Waals surface area (Å²) in [5.41, 5.74) is 6.18. The highest BCUT2D eigenvalue weighted by molar-refractivity contribution is 5.99. The van der Waals surface area contributed by atoms with E-state index in [0.717, 1.165) is 39.3 Å². The Morgan fingerprint density at radius 2 is 1.83 bits per heavy atom. The summed E-state index contributed by atoms with van der Waals surface area (Å²) in [5, 5.41) is 3.38. The van der Waals surface area contributed by atoms with Crippen LogP contribution in [-0.4, -0.2) is 66.9 Å². The van der Waals surface area contributed by atoms with Gasteiger partial charge in [-0.05, 0) is 31.2 Å². The third-order valence-corrected chi connectivity index (χ3v) is 4.55. The van der Waals surface area contributed by atoms with Crippen LogP contribution in [0.1, 0.15) is 27.1 Å². The zero-order valence-electron chi connectivity index (χ0n) is 13.0. The van der Waals surface area contributed by atoms with E-state index in [9.17, 15) is 9.59 Å². The first-order valence-corrected chi connectivity index (χ1v) is 7.79. The molecule has 1 atom stereocenters. The number of rotatable bonds is 3. The number of primary amides is 1. The van der Waals surface area contributed by atoms with E-state index in [4.69, 9.17) is 5.73 Å².